The maximum Gasteiger partial charge on any atom is 0.150 e. The number of hydrogen-bond donors (Lipinski definition) is 3. The largest absolute Gasteiger partial charge is 0.633 e. The molecule has 72 valence electrons. The average molecular weight is 241 g/mol. The molecule has 5 atom stereocenters. The lowest BCUT2D eigenvalue weighted by atomic mass is 9.95. The van der Waals surface area contributed by atoms with Crippen molar-refractivity contribution in [1.82, 2.24) is 0 Å². The molecule has 0 radical (unpaired) electrons. The molecule has 0 amide bonds. The summed E-state index contributed by atoms with van der Waals surface area (Å²) in [4.78, 5) is -0.271. The molecule has 0 aliphatic carbocycles. The van der Waals surface area contributed by atoms with Gasteiger partial charge >= 0.3 is 0 Å². The summed E-state index contributed by atoms with van der Waals surface area (Å²) < 4.78 is 0. The monoisotopic (exact) mass is 240 g/mol. The maximum atomic E-state index is 11.1. The zero-order valence-corrected chi connectivity index (χ0v) is 8.37. The first-order valence-electron chi connectivity index (χ1n) is 3.93. The summed E-state index contributed by atoms with van der Waals surface area (Å²) in [6.07, 6.45) is 0.484. The number of halogens is 1. The highest BCUT2D eigenvalue weighted by Crippen LogP contribution is 2.15. The summed E-state index contributed by atoms with van der Waals surface area (Å²) in [6.45, 7) is 2.19. The average Bonchev–Trinajstić information content (AvgIpc) is 2.00. The van der Waals surface area contributed by atoms with Crippen molar-refractivity contribution < 1.29 is 15.5 Å². The summed E-state index contributed by atoms with van der Waals surface area (Å²) in [5, 5.41) is 29.9. The molecule has 5 nitrogen and oxygen atoms in total. The zero-order valence-electron chi connectivity index (χ0n) is 6.79. The van der Waals surface area contributed by atoms with E-state index in [1.165, 1.54) is 0 Å². The van der Waals surface area contributed by atoms with E-state index in [4.69, 9.17) is 5.21 Å². The number of nitrogens with one attached hydrogen (secondary N) is 2. The molecule has 1 aliphatic heterocycles. The molecule has 1 saturated heterocycles. The van der Waals surface area contributed by atoms with Crippen LogP contribution in [-0.4, -0.2) is 22.7 Å². The van der Waals surface area contributed by atoms with Crippen LogP contribution < -0.4 is 10.3 Å². The van der Waals surface area contributed by atoms with Crippen molar-refractivity contribution in [2.24, 2.45) is 5.92 Å². The third-order valence-corrected chi connectivity index (χ3v) is 3.77. The van der Waals surface area contributed by atoms with Crippen LogP contribution in [0.3, 0.4) is 0 Å². The molecule has 1 fully saturated rings. The van der Waals surface area contributed by atoms with Crippen LogP contribution in [0, 0.1) is 16.3 Å². The Morgan fingerprint density at radius 2 is 2.25 bits per heavy atom. The van der Waals surface area contributed by atoms with Crippen LogP contribution in [0.4, 0.5) is 0 Å². The highest BCUT2D eigenvalue weighted by atomic mass is 79.9. The number of alkyl halides is 1. The Morgan fingerprint density at radius 1 is 1.67 bits per heavy atom. The van der Waals surface area contributed by atoms with Crippen molar-refractivity contribution in [3.05, 3.63) is 10.4 Å². The first-order valence-corrected chi connectivity index (χ1v) is 4.85. The normalized spacial score (nSPS) is 45.8. The fourth-order valence-electron chi connectivity index (χ4n) is 1.54. The minimum atomic E-state index is -0.792. The van der Waals surface area contributed by atoms with E-state index >= 15 is 0 Å². The number of hydroxylamine groups is 4. The predicted octanol–water partition coefficient (Wildman–Crippen LogP) is -1.73. The van der Waals surface area contributed by atoms with Crippen LogP contribution in [0.1, 0.15) is 13.3 Å². The number of rotatable bonds is 1. The first-order chi connectivity index (χ1) is 5.54. The van der Waals surface area contributed by atoms with E-state index in [9.17, 15) is 10.4 Å². The second kappa shape index (κ2) is 3.99. The fraction of sp³-hybridized carbons (Fsp3) is 1.00. The van der Waals surface area contributed by atoms with Crippen molar-refractivity contribution in [2.75, 3.05) is 6.54 Å². The van der Waals surface area contributed by atoms with Crippen molar-refractivity contribution in [2.45, 2.75) is 24.3 Å². The minimum absolute atomic E-state index is 0.0938. The van der Waals surface area contributed by atoms with E-state index in [1.807, 2.05) is 0 Å². The summed E-state index contributed by atoms with van der Waals surface area (Å²) >= 11 is 3.21. The van der Waals surface area contributed by atoms with Crippen LogP contribution >= 0.6 is 15.9 Å². The van der Waals surface area contributed by atoms with E-state index in [2.05, 4.69) is 15.9 Å². The van der Waals surface area contributed by atoms with Gasteiger partial charge in [0.1, 0.15) is 6.04 Å². The molecule has 5 unspecified atom stereocenters. The quantitative estimate of drug-likeness (QED) is 0.221. The SMILES string of the molecule is CC1C([NH+]([O-])O)CC[NH+]([O-])C1Br. The summed E-state index contributed by atoms with van der Waals surface area (Å²) in [7, 11) is 0. The molecule has 12 heavy (non-hydrogen) atoms. The molecular formula is C6H13BrN2O3. The second-order valence-electron chi connectivity index (χ2n) is 3.21. The maximum absolute atomic E-state index is 11.1. The van der Waals surface area contributed by atoms with Crippen molar-refractivity contribution in [3.8, 4) is 0 Å². The van der Waals surface area contributed by atoms with E-state index < -0.39 is 5.23 Å². The Bertz CT molecular complexity index is 158. The summed E-state index contributed by atoms with van der Waals surface area (Å²) in [6, 6.07) is -0.368. The predicted molar refractivity (Wildman–Crippen MR) is 45.6 cm³/mol. The molecule has 0 aromatic heterocycles. The molecule has 0 bridgehead atoms. The van der Waals surface area contributed by atoms with Gasteiger partial charge in [-0.05, 0) is 22.9 Å². The van der Waals surface area contributed by atoms with Crippen LogP contribution in [-0.2, 0) is 0 Å². The standard InChI is InChI=1S/C6H13BrN2O3/c1-4-5(9(11)12)2-3-8(10)6(4)7/h4-6,8-9,11H,2-3H2,1H3. The molecule has 0 aromatic rings. The van der Waals surface area contributed by atoms with Crippen LogP contribution in [0.2, 0.25) is 0 Å². The molecule has 0 aromatic carbocycles. The number of hydrogen-bond acceptors (Lipinski definition) is 3. The van der Waals surface area contributed by atoms with Crippen LogP contribution in [0.15, 0.2) is 0 Å². The van der Waals surface area contributed by atoms with Gasteiger partial charge in [-0.3, -0.25) is 0 Å². The van der Waals surface area contributed by atoms with Gasteiger partial charge in [-0.15, -0.1) is 0 Å². The minimum Gasteiger partial charge on any atom is -0.633 e. The van der Waals surface area contributed by atoms with E-state index in [0.29, 0.717) is 13.0 Å². The highest BCUT2D eigenvalue weighted by molar-refractivity contribution is 9.09. The number of quaternary nitrogens is 2. The first kappa shape index (κ1) is 10.4. The van der Waals surface area contributed by atoms with Crippen LogP contribution in [0.25, 0.3) is 0 Å². The molecule has 3 N–H and O–H groups in total. The van der Waals surface area contributed by atoms with Gasteiger partial charge in [-0.25, -0.2) is 10.4 Å². The van der Waals surface area contributed by atoms with Gasteiger partial charge in [0.05, 0.1) is 18.9 Å². The highest BCUT2D eigenvalue weighted by Gasteiger charge is 2.37. The molecule has 0 saturated carbocycles. The van der Waals surface area contributed by atoms with Gasteiger partial charge in [0.2, 0.25) is 0 Å². The van der Waals surface area contributed by atoms with Gasteiger partial charge in [0, 0.05) is 0 Å². The van der Waals surface area contributed by atoms with Crippen LogP contribution in [0.5, 0.6) is 0 Å². The molecule has 0 spiro atoms. The topological polar surface area (TPSA) is 75.2 Å². The Morgan fingerprint density at radius 3 is 2.75 bits per heavy atom. The van der Waals surface area contributed by atoms with Gasteiger partial charge in [0.25, 0.3) is 0 Å². The Hall–Kier alpha value is 0.280. The number of piperidine rings is 1. The fourth-order valence-corrected chi connectivity index (χ4v) is 2.14. The second-order valence-corrected chi connectivity index (χ2v) is 4.20. The van der Waals surface area contributed by atoms with E-state index in [0.717, 1.165) is 0 Å². The van der Waals surface area contributed by atoms with E-state index in [-0.39, 0.29) is 22.0 Å². The Balaban J connectivity index is 2.58. The van der Waals surface area contributed by atoms with Gasteiger partial charge in [-0.1, -0.05) is 0 Å². The molecule has 1 heterocycles. The van der Waals surface area contributed by atoms with E-state index in [1.54, 1.807) is 6.92 Å². The lowest BCUT2D eigenvalue weighted by Crippen LogP contribution is -3.18. The van der Waals surface area contributed by atoms with Gasteiger partial charge in [-0.2, -0.15) is 0 Å². The molecule has 6 heteroatoms. The molecule has 1 aliphatic rings. The Labute approximate surface area is 79.2 Å². The summed E-state index contributed by atoms with van der Waals surface area (Å²) in [5.74, 6) is -0.0938. The van der Waals surface area contributed by atoms with Crippen molar-refractivity contribution in [1.29, 1.82) is 0 Å². The third-order valence-electron chi connectivity index (χ3n) is 2.42. The smallest absolute Gasteiger partial charge is 0.150 e. The molecular weight excluding hydrogens is 228 g/mol. The van der Waals surface area contributed by atoms with Gasteiger partial charge < -0.3 is 15.5 Å². The lowest BCUT2D eigenvalue weighted by Gasteiger charge is -2.41. The Kier molecular flexibility index (Phi) is 3.45. The lowest BCUT2D eigenvalue weighted by molar-refractivity contribution is -1.08. The van der Waals surface area contributed by atoms with Crippen molar-refractivity contribution in [3.63, 3.8) is 0 Å². The van der Waals surface area contributed by atoms with Gasteiger partial charge in [0.15, 0.2) is 4.95 Å². The molecule has 1 rings (SSSR count). The third kappa shape index (κ3) is 1.95. The van der Waals surface area contributed by atoms with Crippen molar-refractivity contribution >= 4 is 15.9 Å². The summed E-state index contributed by atoms with van der Waals surface area (Å²) in [5.41, 5.74) is 0. The zero-order chi connectivity index (χ0) is 9.30.